The molecule has 0 spiro atoms. The molecule has 1 aliphatic heterocycles. The summed E-state index contributed by atoms with van der Waals surface area (Å²) >= 11 is 0. The van der Waals surface area contributed by atoms with Crippen molar-refractivity contribution in [3.05, 3.63) is 35.9 Å². The predicted octanol–water partition coefficient (Wildman–Crippen LogP) is 4.06. The summed E-state index contributed by atoms with van der Waals surface area (Å²) < 4.78 is 0. The van der Waals surface area contributed by atoms with Gasteiger partial charge in [-0.2, -0.15) is 0 Å². The summed E-state index contributed by atoms with van der Waals surface area (Å²) in [6, 6.07) is 9.94. The summed E-state index contributed by atoms with van der Waals surface area (Å²) in [5.74, 6) is 0.375. The molecule has 2 fully saturated rings. The molecule has 1 aromatic rings. The molecule has 1 saturated carbocycles. The molecule has 0 N–H and O–H groups in total. The van der Waals surface area contributed by atoms with Gasteiger partial charge in [-0.25, -0.2) is 0 Å². The molecule has 0 aromatic heterocycles. The maximum Gasteiger partial charge on any atom is 0.183 e. The Balaban J connectivity index is 1.90. The predicted molar refractivity (Wildman–Crippen MR) is 82.0 cm³/mol. The molecule has 108 valence electrons. The Bertz CT molecular complexity index is 442. The molecule has 1 aliphatic carbocycles. The third kappa shape index (κ3) is 2.54. The first kappa shape index (κ1) is 13.8. The Labute approximate surface area is 122 Å². The van der Waals surface area contributed by atoms with Gasteiger partial charge in [0, 0.05) is 5.56 Å². The normalized spacial score (nSPS) is 23.4. The average molecular weight is 271 g/mol. The number of rotatable bonds is 3. The van der Waals surface area contributed by atoms with Gasteiger partial charge < -0.3 is 0 Å². The number of nitrogens with zero attached hydrogens (tertiary/aromatic N) is 1. The smallest absolute Gasteiger partial charge is 0.183 e. The molecule has 0 bridgehead atoms. The van der Waals surface area contributed by atoms with Gasteiger partial charge in [-0.1, -0.05) is 56.0 Å². The monoisotopic (exact) mass is 271 g/mol. The van der Waals surface area contributed by atoms with Crippen LogP contribution in [-0.4, -0.2) is 29.3 Å². The first-order valence-electron chi connectivity index (χ1n) is 8.18. The number of hydrogen-bond donors (Lipinski definition) is 0. The quantitative estimate of drug-likeness (QED) is 0.773. The highest BCUT2D eigenvalue weighted by Gasteiger charge is 2.44. The fraction of sp³-hybridized carbons (Fsp3) is 0.611. The Hall–Kier alpha value is -1.15. The lowest BCUT2D eigenvalue weighted by Crippen LogP contribution is -2.57. The van der Waals surface area contributed by atoms with Crippen LogP contribution in [0.2, 0.25) is 0 Å². The van der Waals surface area contributed by atoms with Gasteiger partial charge in [0.05, 0.1) is 5.54 Å². The molecule has 3 rings (SSSR count). The van der Waals surface area contributed by atoms with Crippen molar-refractivity contribution in [3.63, 3.8) is 0 Å². The number of hydrogen-bond acceptors (Lipinski definition) is 2. The van der Waals surface area contributed by atoms with E-state index < -0.39 is 0 Å². The van der Waals surface area contributed by atoms with E-state index in [9.17, 15) is 4.79 Å². The summed E-state index contributed by atoms with van der Waals surface area (Å²) in [7, 11) is 0. The Morgan fingerprint density at radius 3 is 2.10 bits per heavy atom. The molecule has 0 amide bonds. The Morgan fingerprint density at radius 2 is 1.45 bits per heavy atom. The standard InChI is InChI=1S/C18H25NO/c20-17(16-10-4-1-5-11-16)18(12-6-2-7-13-18)19-14-8-3-9-15-19/h1,4-5,10-11H,2-3,6-9,12-15H2. The molecule has 0 radical (unpaired) electrons. The van der Waals surface area contributed by atoms with Crippen LogP contribution in [0.15, 0.2) is 30.3 Å². The summed E-state index contributed by atoms with van der Waals surface area (Å²) in [5.41, 5.74) is 0.708. The molecule has 2 aliphatic rings. The van der Waals surface area contributed by atoms with Gasteiger partial charge in [0.25, 0.3) is 0 Å². The molecule has 1 heterocycles. The van der Waals surface area contributed by atoms with Crippen LogP contribution in [0, 0.1) is 0 Å². The molecule has 2 heteroatoms. The van der Waals surface area contributed by atoms with E-state index in [1.165, 1.54) is 38.5 Å². The maximum atomic E-state index is 13.2. The number of carbonyl (C=O) groups excluding carboxylic acids is 1. The molecule has 20 heavy (non-hydrogen) atoms. The number of piperidine rings is 1. The van der Waals surface area contributed by atoms with Gasteiger partial charge in [-0.3, -0.25) is 9.69 Å². The van der Waals surface area contributed by atoms with Crippen molar-refractivity contribution in [3.8, 4) is 0 Å². The summed E-state index contributed by atoms with van der Waals surface area (Å²) in [4.78, 5) is 15.7. The lowest BCUT2D eigenvalue weighted by molar-refractivity contribution is 0.0292. The summed E-state index contributed by atoms with van der Waals surface area (Å²) in [5, 5.41) is 0. The van der Waals surface area contributed by atoms with Crippen molar-refractivity contribution >= 4 is 5.78 Å². The van der Waals surface area contributed by atoms with E-state index in [1.54, 1.807) is 0 Å². The van der Waals surface area contributed by atoms with Crippen LogP contribution >= 0.6 is 0 Å². The van der Waals surface area contributed by atoms with E-state index in [-0.39, 0.29) is 5.54 Å². The van der Waals surface area contributed by atoms with Gasteiger partial charge in [-0.05, 0) is 38.8 Å². The fourth-order valence-corrected chi connectivity index (χ4v) is 4.00. The fourth-order valence-electron chi connectivity index (χ4n) is 4.00. The maximum absolute atomic E-state index is 13.2. The summed E-state index contributed by atoms with van der Waals surface area (Å²) in [6.07, 6.45) is 9.64. The van der Waals surface area contributed by atoms with Crippen LogP contribution in [0.1, 0.15) is 61.7 Å². The topological polar surface area (TPSA) is 20.3 Å². The first-order chi connectivity index (χ1) is 9.83. The van der Waals surface area contributed by atoms with E-state index in [2.05, 4.69) is 4.90 Å². The molecule has 2 nitrogen and oxygen atoms in total. The van der Waals surface area contributed by atoms with Crippen LogP contribution in [0.3, 0.4) is 0 Å². The molecule has 0 atom stereocenters. The largest absolute Gasteiger partial charge is 0.292 e. The Kier molecular flexibility index (Phi) is 4.21. The highest BCUT2D eigenvalue weighted by molar-refractivity contribution is 6.03. The van der Waals surface area contributed by atoms with E-state index in [0.29, 0.717) is 5.78 Å². The van der Waals surface area contributed by atoms with Gasteiger partial charge in [-0.15, -0.1) is 0 Å². The molecule has 0 unspecified atom stereocenters. The zero-order valence-corrected chi connectivity index (χ0v) is 12.3. The van der Waals surface area contributed by atoms with Gasteiger partial charge in [0.15, 0.2) is 5.78 Å². The van der Waals surface area contributed by atoms with Crippen molar-refractivity contribution in [1.82, 2.24) is 4.90 Å². The number of ketones is 1. The van der Waals surface area contributed by atoms with Gasteiger partial charge in [0.2, 0.25) is 0 Å². The number of carbonyl (C=O) groups is 1. The third-order valence-corrected chi connectivity index (χ3v) is 5.10. The zero-order chi connectivity index (χ0) is 13.8. The van der Waals surface area contributed by atoms with Crippen LogP contribution < -0.4 is 0 Å². The van der Waals surface area contributed by atoms with Crippen molar-refractivity contribution in [2.45, 2.75) is 56.9 Å². The lowest BCUT2D eigenvalue weighted by atomic mass is 9.74. The second-order valence-electron chi connectivity index (χ2n) is 6.34. The highest BCUT2D eigenvalue weighted by atomic mass is 16.1. The average Bonchev–Trinajstić information content (AvgIpc) is 2.56. The minimum Gasteiger partial charge on any atom is -0.292 e. The third-order valence-electron chi connectivity index (χ3n) is 5.10. The SMILES string of the molecule is O=C(c1ccccc1)C1(N2CCCCC2)CCCCC1. The van der Waals surface area contributed by atoms with Gasteiger partial charge >= 0.3 is 0 Å². The minimum absolute atomic E-state index is 0.194. The van der Waals surface area contributed by atoms with Crippen LogP contribution in [0.4, 0.5) is 0 Å². The lowest BCUT2D eigenvalue weighted by Gasteiger charge is -2.47. The van der Waals surface area contributed by atoms with Crippen molar-refractivity contribution in [2.24, 2.45) is 0 Å². The van der Waals surface area contributed by atoms with E-state index in [4.69, 9.17) is 0 Å². The van der Waals surface area contributed by atoms with Crippen LogP contribution in [0.25, 0.3) is 0 Å². The minimum atomic E-state index is -0.194. The highest BCUT2D eigenvalue weighted by Crippen LogP contribution is 2.38. The number of benzene rings is 1. The number of Topliss-reactive ketones (excluding diaryl/α,β-unsaturated/α-hetero) is 1. The molecule has 1 aromatic carbocycles. The van der Waals surface area contributed by atoms with Crippen molar-refractivity contribution in [1.29, 1.82) is 0 Å². The van der Waals surface area contributed by atoms with E-state index in [1.807, 2.05) is 30.3 Å². The molecular formula is C18H25NO. The van der Waals surface area contributed by atoms with E-state index in [0.717, 1.165) is 31.5 Å². The zero-order valence-electron chi connectivity index (χ0n) is 12.3. The first-order valence-corrected chi connectivity index (χ1v) is 8.18. The van der Waals surface area contributed by atoms with Crippen LogP contribution in [-0.2, 0) is 0 Å². The van der Waals surface area contributed by atoms with Crippen LogP contribution in [0.5, 0.6) is 0 Å². The van der Waals surface area contributed by atoms with Crippen molar-refractivity contribution < 1.29 is 4.79 Å². The second-order valence-corrected chi connectivity index (χ2v) is 6.34. The Morgan fingerprint density at radius 1 is 0.850 bits per heavy atom. The second kappa shape index (κ2) is 6.09. The molecule has 1 saturated heterocycles. The van der Waals surface area contributed by atoms with Crippen molar-refractivity contribution in [2.75, 3.05) is 13.1 Å². The molecular weight excluding hydrogens is 246 g/mol. The van der Waals surface area contributed by atoms with E-state index >= 15 is 0 Å². The van der Waals surface area contributed by atoms with Gasteiger partial charge in [0.1, 0.15) is 0 Å². The number of likely N-dealkylation sites (tertiary alicyclic amines) is 1. The summed E-state index contributed by atoms with van der Waals surface area (Å²) in [6.45, 7) is 2.22.